The summed E-state index contributed by atoms with van der Waals surface area (Å²) in [5.41, 5.74) is 0. The van der Waals surface area contributed by atoms with Crippen LogP contribution in [0.5, 0.6) is 5.75 Å². The number of hydrogen-bond donors (Lipinski definition) is 2. The van der Waals surface area contributed by atoms with Crippen LogP contribution in [0.25, 0.3) is 0 Å². The number of hydrogen-bond acceptors (Lipinski definition) is 3. The maximum Gasteiger partial charge on any atom is 0.257 e. The van der Waals surface area contributed by atoms with Crippen molar-refractivity contribution in [2.24, 2.45) is 0 Å². The number of rotatable bonds is 7. The summed E-state index contributed by atoms with van der Waals surface area (Å²) in [6.07, 6.45) is 0.875. The summed E-state index contributed by atoms with van der Waals surface area (Å²) < 4.78 is 5.29. The van der Waals surface area contributed by atoms with Crippen molar-refractivity contribution in [3.63, 3.8) is 0 Å². The molecule has 1 aromatic rings. The molecule has 0 saturated heterocycles. The van der Waals surface area contributed by atoms with Gasteiger partial charge in [-0.2, -0.15) is 0 Å². The van der Waals surface area contributed by atoms with Crippen molar-refractivity contribution < 1.29 is 9.53 Å². The summed E-state index contributed by atoms with van der Waals surface area (Å²) in [6, 6.07) is 4.87. The molecule has 0 unspecified atom stereocenters. The number of carbonyl (C=O) groups excluding carboxylic acids is 1. The fourth-order valence-corrected chi connectivity index (χ4v) is 1.61. The van der Waals surface area contributed by atoms with Gasteiger partial charge in [-0.15, -0.1) is 12.4 Å². The molecule has 19 heavy (non-hydrogen) atoms. The van der Waals surface area contributed by atoms with Gasteiger partial charge in [0, 0.05) is 17.6 Å². The summed E-state index contributed by atoms with van der Waals surface area (Å²) in [6.45, 7) is 1.41. The SMILES string of the molecule is CNCCCNC(=O)COc1cc(Cl)ccc1Cl.Cl. The monoisotopic (exact) mass is 326 g/mol. The highest BCUT2D eigenvalue weighted by Crippen LogP contribution is 2.27. The minimum Gasteiger partial charge on any atom is -0.482 e. The molecule has 1 amide bonds. The summed E-state index contributed by atoms with van der Waals surface area (Å²) in [5, 5.41) is 6.69. The van der Waals surface area contributed by atoms with Crippen molar-refractivity contribution in [3.05, 3.63) is 28.2 Å². The highest BCUT2D eigenvalue weighted by atomic mass is 35.5. The average molecular weight is 328 g/mol. The first kappa shape index (κ1) is 18.3. The van der Waals surface area contributed by atoms with Crippen molar-refractivity contribution in [1.29, 1.82) is 0 Å². The Morgan fingerprint density at radius 1 is 1.32 bits per heavy atom. The van der Waals surface area contributed by atoms with Crippen molar-refractivity contribution in [2.45, 2.75) is 6.42 Å². The number of nitrogens with one attached hydrogen (secondary N) is 2. The van der Waals surface area contributed by atoms with Gasteiger partial charge in [-0.1, -0.05) is 23.2 Å². The van der Waals surface area contributed by atoms with Gasteiger partial charge in [0.05, 0.1) is 5.02 Å². The third-order valence-corrected chi connectivity index (χ3v) is 2.73. The van der Waals surface area contributed by atoms with E-state index in [2.05, 4.69) is 10.6 Å². The molecule has 0 spiro atoms. The first-order valence-electron chi connectivity index (χ1n) is 5.62. The molecule has 0 aliphatic heterocycles. The van der Waals surface area contributed by atoms with Gasteiger partial charge in [0.1, 0.15) is 5.75 Å². The molecule has 0 radical (unpaired) electrons. The normalized spacial score (nSPS) is 9.63. The van der Waals surface area contributed by atoms with Crippen LogP contribution in [0.2, 0.25) is 10.0 Å². The van der Waals surface area contributed by atoms with E-state index in [0.717, 1.165) is 13.0 Å². The first-order valence-corrected chi connectivity index (χ1v) is 6.38. The Kier molecular flexibility index (Phi) is 9.79. The second-order valence-corrected chi connectivity index (χ2v) is 4.51. The van der Waals surface area contributed by atoms with Gasteiger partial charge in [-0.05, 0) is 32.1 Å². The van der Waals surface area contributed by atoms with E-state index in [9.17, 15) is 4.79 Å². The number of carbonyl (C=O) groups is 1. The maximum absolute atomic E-state index is 11.4. The second kappa shape index (κ2) is 10.1. The summed E-state index contributed by atoms with van der Waals surface area (Å²) in [4.78, 5) is 11.4. The Bertz CT molecular complexity index is 403. The lowest BCUT2D eigenvalue weighted by atomic mass is 10.3. The van der Waals surface area contributed by atoms with Gasteiger partial charge >= 0.3 is 0 Å². The second-order valence-electron chi connectivity index (χ2n) is 3.67. The number of ether oxygens (including phenoxy) is 1. The van der Waals surface area contributed by atoms with Crippen LogP contribution in [-0.2, 0) is 4.79 Å². The number of amides is 1. The number of halogens is 3. The summed E-state index contributed by atoms with van der Waals surface area (Å²) in [5.74, 6) is 0.233. The lowest BCUT2D eigenvalue weighted by Crippen LogP contribution is -2.31. The first-order chi connectivity index (χ1) is 8.63. The van der Waals surface area contributed by atoms with Crippen LogP contribution in [0.15, 0.2) is 18.2 Å². The molecule has 1 aromatic carbocycles. The Morgan fingerprint density at radius 3 is 2.74 bits per heavy atom. The van der Waals surface area contributed by atoms with Gasteiger partial charge < -0.3 is 15.4 Å². The molecule has 0 saturated carbocycles. The quantitative estimate of drug-likeness (QED) is 0.757. The molecule has 0 atom stereocenters. The molecule has 0 bridgehead atoms. The fraction of sp³-hybridized carbons (Fsp3) is 0.417. The minimum absolute atomic E-state index is 0. The van der Waals surface area contributed by atoms with Crippen LogP contribution in [0.4, 0.5) is 0 Å². The van der Waals surface area contributed by atoms with Gasteiger partial charge in [-0.3, -0.25) is 4.79 Å². The zero-order valence-corrected chi connectivity index (χ0v) is 12.9. The predicted octanol–water partition coefficient (Wildman–Crippen LogP) is 2.52. The van der Waals surface area contributed by atoms with E-state index in [1.165, 1.54) is 0 Å². The molecule has 0 aromatic heterocycles. The minimum atomic E-state index is -0.179. The van der Waals surface area contributed by atoms with Crippen molar-refractivity contribution in [2.75, 3.05) is 26.7 Å². The van der Waals surface area contributed by atoms with E-state index < -0.39 is 0 Å². The molecule has 0 fully saturated rings. The third kappa shape index (κ3) is 7.47. The van der Waals surface area contributed by atoms with E-state index >= 15 is 0 Å². The fourth-order valence-electron chi connectivity index (χ4n) is 1.28. The molecular weight excluding hydrogens is 311 g/mol. The Labute approximate surface area is 129 Å². The van der Waals surface area contributed by atoms with E-state index in [0.29, 0.717) is 22.3 Å². The third-order valence-electron chi connectivity index (χ3n) is 2.18. The van der Waals surface area contributed by atoms with Crippen molar-refractivity contribution in [3.8, 4) is 5.75 Å². The van der Waals surface area contributed by atoms with Crippen LogP contribution >= 0.6 is 35.6 Å². The zero-order valence-electron chi connectivity index (χ0n) is 10.5. The standard InChI is InChI=1S/C12H16Cl2N2O2.ClH/c1-15-5-2-6-16-12(17)8-18-11-7-9(13)3-4-10(11)14;/h3-4,7,15H,2,5-6,8H2,1H3,(H,16,17);1H. The van der Waals surface area contributed by atoms with Gasteiger partial charge in [0.25, 0.3) is 5.91 Å². The molecule has 4 nitrogen and oxygen atoms in total. The lowest BCUT2D eigenvalue weighted by Gasteiger charge is -2.09. The highest BCUT2D eigenvalue weighted by molar-refractivity contribution is 6.34. The van der Waals surface area contributed by atoms with Crippen molar-refractivity contribution >= 4 is 41.5 Å². The van der Waals surface area contributed by atoms with Crippen molar-refractivity contribution in [1.82, 2.24) is 10.6 Å². The van der Waals surface area contributed by atoms with Gasteiger partial charge in [0.15, 0.2) is 6.61 Å². The number of benzene rings is 1. The van der Waals surface area contributed by atoms with Crippen LogP contribution in [0.3, 0.4) is 0 Å². The van der Waals surface area contributed by atoms with Gasteiger partial charge in [-0.25, -0.2) is 0 Å². The van der Waals surface area contributed by atoms with Crippen LogP contribution < -0.4 is 15.4 Å². The molecule has 7 heteroatoms. The van der Waals surface area contributed by atoms with E-state index in [1.54, 1.807) is 18.2 Å². The van der Waals surface area contributed by atoms with Gasteiger partial charge in [0.2, 0.25) is 0 Å². The van der Waals surface area contributed by atoms with Crippen LogP contribution in [0, 0.1) is 0 Å². The smallest absolute Gasteiger partial charge is 0.257 e. The molecular formula is C12H17Cl3N2O2. The van der Waals surface area contributed by atoms with E-state index in [1.807, 2.05) is 7.05 Å². The zero-order chi connectivity index (χ0) is 13.4. The molecule has 2 N–H and O–H groups in total. The summed E-state index contributed by atoms with van der Waals surface area (Å²) in [7, 11) is 1.87. The molecule has 0 aliphatic rings. The van der Waals surface area contributed by atoms with Crippen LogP contribution in [0.1, 0.15) is 6.42 Å². The Morgan fingerprint density at radius 2 is 2.05 bits per heavy atom. The lowest BCUT2D eigenvalue weighted by molar-refractivity contribution is -0.123. The average Bonchev–Trinajstić information content (AvgIpc) is 2.36. The molecule has 1 rings (SSSR count). The van der Waals surface area contributed by atoms with Crippen LogP contribution in [-0.4, -0.2) is 32.7 Å². The van der Waals surface area contributed by atoms with E-state index in [4.69, 9.17) is 27.9 Å². The topological polar surface area (TPSA) is 50.4 Å². The Hall–Kier alpha value is -0.680. The highest BCUT2D eigenvalue weighted by Gasteiger charge is 2.06. The maximum atomic E-state index is 11.4. The predicted molar refractivity (Wildman–Crippen MR) is 80.8 cm³/mol. The molecule has 0 aliphatic carbocycles. The molecule has 0 heterocycles. The summed E-state index contributed by atoms with van der Waals surface area (Å²) >= 11 is 11.7. The Balaban J connectivity index is 0.00000324. The molecule has 108 valence electrons. The largest absolute Gasteiger partial charge is 0.482 e. The van der Waals surface area contributed by atoms with E-state index in [-0.39, 0.29) is 24.9 Å².